The number of nitrogens with one attached hydrogen (secondary N) is 1. The van der Waals surface area contributed by atoms with E-state index in [2.05, 4.69) is 5.32 Å². The smallest absolute Gasteiger partial charge is 0.269 e. The lowest BCUT2D eigenvalue weighted by atomic mass is 10.2. The number of benzene rings is 1. The topological polar surface area (TPSA) is 92.5 Å². The van der Waals surface area contributed by atoms with Crippen molar-refractivity contribution in [2.24, 2.45) is 0 Å². The van der Waals surface area contributed by atoms with Gasteiger partial charge < -0.3 is 10.4 Å². The van der Waals surface area contributed by atoms with Crippen molar-refractivity contribution in [1.29, 1.82) is 0 Å². The molecule has 0 spiro atoms. The molecule has 0 heterocycles. The maximum atomic E-state index is 11.4. The van der Waals surface area contributed by atoms with E-state index in [1.807, 2.05) is 0 Å². The van der Waals surface area contributed by atoms with Gasteiger partial charge in [0.1, 0.15) is 0 Å². The lowest BCUT2D eigenvalue weighted by Gasteiger charge is -2.00. The Balaban J connectivity index is 2.43. The van der Waals surface area contributed by atoms with Gasteiger partial charge in [-0.05, 0) is 36.6 Å². The Bertz CT molecular complexity index is 454. The van der Waals surface area contributed by atoms with Gasteiger partial charge in [0, 0.05) is 31.4 Å². The lowest BCUT2D eigenvalue weighted by molar-refractivity contribution is -0.384. The molecule has 19 heavy (non-hydrogen) atoms. The highest BCUT2D eigenvalue weighted by Crippen LogP contribution is 2.12. The van der Waals surface area contributed by atoms with Crippen LogP contribution in [0.25, 0.3) is 6.08 Å². The van der Waals surface area contributed by atoms with Gasteiger partial charge in [-0.3, -0.25) is 14.9 Å². The first-order valence-electron chi connectivity index (χ1n) is 5.94. The number of aliphatic hydroxyl groups excluding tert-OH is 1. The third-order valence-corrected chi connectivity index (χ3v) is 2.42. The molecule has 102 valence electrons. The van der Waals surface area contributed by atoms with Gasteiger partial charge >= 0.3 is 0 Å². The van der Waals surface area contributed by atoms with E-state index in [0.29, 0.717) is 13.0 Å². The van der Waals surface area contributed by atoms with Gasteiger partial charge in [0.2, 0.25) is 5.91 Å². The fourth-order valence-electron chi connectivity index (χ4n) is 1.39. The summed E-state index contributed by atoms with van der Waals surface area (Å²) in [5.74, 6) is -0.226. The Hall–Kier alpha value is -2.21. The van der Waals surface area contributed by atoms with Crippen molar-refractivity contribution >= 4 is 17.7 Å². The van der Waals surface area contributed by atoms with Crippen LogP contribution in [0.5, 0.6) is 0 Å². The molecule has 1 aromatic carbocycles. The number of rotatable bonds is 7. The van der Waals surface area contributed by atoms with Crippen LogP contribution in [0, 0.1) is 10.1 Å². The van der Waals surface area contributed by atoms with E-state index in [9.17, 15) is 14.9 Å². The molecule has 0 aliphatic heterocycles. The second kappa shape index (κ2) is 7.99. The summed E-state index contributed by atoms with van der Waals surface area (Å²) >= 11 is 0. The normalized spacial score (nSPS) is 10.6. The quantitative estimate of drug-likeness (QED) is 0.338. The second-order valence-electron chi connectivity index (χ2n) is 3.90. The average Bonchev–Trinajstić information content (AvgIpc) is 2.42. The minimum Gasteiger partial charge on any atom is -0.396 e. The number of hydrogen-bond acceptors (Lipinski definition) is 4. The number of nitro benzene ring substituents is 1. The second-order valence-corrected chi connectivity index (χ2v) is 3.90. The van der Waals surface area contributed by atoms with E-state index in [1.165, 1.54) is 18.2 Å². The fraction of sp³-hybridized carbons (Fsp3) is 0.308. The standard InChI is InChI=1S/C13H16N2O4/c16-10-2-1-9-14-13(17)8-5-11-3-6-12(7-4-11)15(18)19/h3-8,16H,1-2,9-10H2,(H,14,17)/b8-5+. The number of aliphatic hydroxyl groups is 1. The number of hydrogen-bond donors (Lipinski definition) is 2. The van der Waals surface area contributed by atoms with E-state index < -0.39 is 4.92 Å². The molecule has 0 saturated heterocycles. The predicted octanol–water partition coefficient (Wildman–Crippen LogP) is 1.50. The molecule has 0 atom stereocenters. The van der Waals surface area contributed by atoms with E-state index in [4.69, 9.17) is 5.11 Å². The molecular formula is C13H16N2O4. The monoisotopic (exact) mass is 264 g/mol. The number of carbonyl (C=O) groups is 1. The summed E-state index contributed by atoms with van der Waals surface area (Å²) in [6.45, 7) is 0.637. The summed E-state index contributed by atoms with van der Waals surface area (Å²) < 4.78 is 0. The third-order valence-electron chi connectivity index (χ3n) is 2.42. The molecule has 0 fully saturated rings. The number of unbranched alkanes of at least 4 members (excludes halogenated alkanes) is 1. The highest BCUT2D eigenvalue weighted by Gasteiger charge is 2.02. The Morgan fingerprint density at radius 2 is 2.00 bits per heavy atom. The van der Waals surface area contributed by atoms with Crippen LogP contribution < -0.4 is 5.32 Å². The number of nitrogens with zero attached hydrogens (tertiary/aromatic N) is 1. The van der Waals surface area contributed by atoms with Gasteiger partial charge in [-0.2, -0.15) is 0 Å². The van der Waals surface area contributed by atoms with Crippen molar-refractivity contribution in [3.63, 3.8) is 0 Å². The van der Waals surface area contributed by atoms with Gasteiger partial charge in [-0.25, -0.2) is 0 Å². The van der Waals surface area contributed by atoms with E-state index in [0.717, 1.165) is 12.0 Å². The Kier molecular flexibility index (Phi) is 6.25. The number of nitro groups is 1. The zero-order valence-corrected chi connectivity index (χ0v) is 10.4. The maximum Gasteiger partial charge on any atom is 0.269 e. The molecule has 1 amide bonds. The first kappa shape index (κ1) is 14.8. The molecule has 1 rings (SSSR count). The molecule has 2 N–H and O–H groups in total. The molecule has 6 heteroatoms. The van der Waals surface area contributed by atoms with Crippen LogP contribution >= 0.6 is 0 Å². The number of amides is 1. The zero-order valence-electron chi connectivity index (χ0n) is 10.4. The van der Waals surface area contributed by atoms with Gasteiger partial charge in [-0.15, -0.1) is 0 Å². The van der Waals surface area contributed by atoms with Crippen molar-refractivity contribution in [2.75, 3.05) is 13.2 Å². The SMILES string of the molecule is O=C(/C=C/c1ccc([N+](=O)[O-])cc1)NCCCCO. The van der Waals surface area contributed by atoms with Crippen LogP contribution in [0.15, 0.2) is 30.3 Å². The largest absolute Gasteiger partial charge is 0.396 e. The van der Waals surface area contributed by atoms with Crippen LogP contribution in [0.4, 0.5) is 5.69 Å². The molecule has 6 nitrogen and oxygen atoms in total. The van der Waals surface area contributed by atoms with E-state index in [-0.39, 0.29) is 18.2 Å². The van der Waals surface area contributed by atoms with E-state index >= 15 is 0 Å². The summed E-state index contributed by atoms with van der Waals surface area (Å²) in [6, 6.07) is 5.93. The van der Waals surface area contributed by atoms with Gasteiger partial charge in [0.05, 0.1) is 4.92 Å². The highest BCUT2D eigenvalue weighted by molar-refractivity contribution is 5.91. The summed E-state index contributed by atoms with van der Waals surface area (Å²) in [4.78, 5) is 21.4. The molecule has 0 radical (unpaired) electrons. The molecular weight excluding hydrogens is 248 g/mol. The lowest BCUT2D eigenvalue weighted by Crippen LogP contribution is -2.22. The summed E-state index contributed by atoms with van der Waals surface area (Å²) in [5.41, 5.74) is 0.738. The van der Waals surface area contributed by atoms with Crippen LogP contribution in [0.1, 0.15) is 18.4 Å². The van der Waals surface area contributed by atoms with E-state index in [1.54, 1.807) is 18.2 Å². The molecule has 0 saturated carbocycles. The fourth-order valence-corrected chi connectivity index (χ4v) is 1.39. The van der Waals surface area contributed by atoms with Gasteiger partial charge in [0.25, 0.3) is 5.69 Å². The van der Waals surface area contributed by atoms with Crippen LogP contribution in [0.3, 0.4) is 0 Å². The minimum atomic E-state index is -0.471. The maximum absolute atomic E-state index is 11.4. The van der Waals surface area contributed by atoms with Crippen molar-refractivity contribution < 1.29 is 14.8 Å². The molecule has 0 bridgehead atoms. The number of carbonyl (C=O) groups excluding carboxylic acids is 1. The van der Waals surface area contributed by atoms with Crippen molar-refractivity contribution in [3.8, 4) is 0 Å². The Labute approximate surface area is 110 Å². The van der Waals surface area contributed by atoms with Crippen molar-refractivity contribution in [2.45, 2.75) is 12.8 Å². The summed E-state index contributed by atoms with van der Waals surface area (Å²) in [6.07, 6.45) is 4.35. The van der Waals surface area contributed by atoms with Crippen LogP contribution in [0.2, 0.25) is 0 Å². The zero-order chi connectivity index (χ0) is 14.1. The van der Waals surface area contributed by atoms with Gasteiger partial charge in [-0.1, -0.05) is 0 Å². The average molecular weight is 264 g/mol. The molecule has 0 aromatic heterocycles. The van der Waals surface area contributed by atoms with Crippen molar-refractivity contribution in [1.82, 2.24) is 5.32 Å². The van der Waals surface area contributed by atoms with Crippen molar-refractivity contribution in [3.05, 3.63) is 46.0 Å². The van der Waals surface area contributed by atoms with Crippen LogP contribution in [-0.4, -0.2) is 29.1 Å². The Morgan fingerprint density at radius 1 is 1.32 bits per heavy atom. The molecule has 0 aliphatic rings. The third kappa shape index (κ3) is 5.78. The molecule has 0 unspecified atom stereocenters. The highest BCUT2D eigenvalue weighted by atomic mass is 16.6. The van der Waals surface area contributed by atoms with Crippen LogP contribution in [-0.2, 0) is 4.79 Å². The summed E-state index contributed by atoms with van der Waals surface area (Å²) in [7, 11) is 0. The number of non-ortho nitro benzene ring substituents is 1. The Morgan fingerprint density at radius 3 is 2.58 bits per heavy atom. The summed E-state index contributed by atoms with van der Waals surface area (Å²) in [5, 5.41) is 21.7. The first-order valence-corrected chi connectivity index (χ1v) is 5.94. The molecule has 0 aliphatic carbocycles. The predicted molar refractivity (Wildman–Crippen MR) is 71.5 cm³/mol. The first-order chi connectivity index (χ1) is 9.13. The molecule has 1 aromatic rings. The minimum absolute atomic E-state index is 0.0191. The van der Waals surface area contributed by atoms with Gasteiger partial charge in [0.15, 0.2) is 0 Å².